The number of aliphatic carboxylic acids is 1. The van der Waals surface area contributed by atoms with E-state index in [4.69, 9.17) is 9.84 Å². The van der Waals surface area contributed by atoms with Crippen molar-refractivity contribution in [3.05, 3.63) is 65.2 Å². The van der Waals surface area contributed by atoms with Gasteiger partial charge in [0.2, 0.25) is 0 Å². The zero-order valence-corrected chi connectivity index (χ0v) is 13.8. The Labute approximate surface area is 145 Å². The molecule has 0 fully saturated rings. The number of nitrogens with one attached hydrogen (secondary N) is 1. The fourth-order valence-corrected chi connectivity index (χ4v) is 2.31. The molecule has 2 aromatic rings. The van der Waals surface area contributed by atoms with Gasteiger partial charge < -0.3 is 15.2 Å². The van der Waals surface area contributed by atoms with Gasteiger partial charge in [0.15, 0.2) is 0 Å². The highest BCUT2D eigenvalue weighted by atomic mass is 19.1. The zero-order chi connectivity index (χ0) is 18.1. The van der Waals surface area contributed by atoms with Crippen LogP contribution in [0.3, 0.4) is 0 Å². The van der Waals surface area contributed by atoms with E-state index >= 15 is 0 Å². The smallest absolute Gasteiger partial charge is 0.304 e. The molecule has 2 N–H and O–H groups in total. The Balaban J connectivity index is 1.70. The minimum Gasteiger partial charge on any atom is -0.493 e. The summed E-state index contributed by atoms with van der Waals surface area (Å²) in [6, 6.07) is 11.1. The number of hydrogen-bond donors (Lipinski definition) is 2. The van der Waals surface area contributed by atoms with Crippen molar-refractivity contribution in [2.45, 2.75) is 19.3 Å². The van der Waals surface area contributed by atoms with E-state index in [2.05, 4.69) is 5.32 Å². The summed E-state index contributed by atoms with van der Waals surface area (Å²) < 4.78 is 31.9. The third-order valence-corrected chi connectivity index (χ3v) is 3.68. The van der Waals surface area contributed by atoms with E-state index in [0.717, 1.165) is 18.1 Å². The summed E-state index contributed by atoms with van der Waals surface area (Å²) in [7, 11) is 0. The SMILES string of the molecule is O=C(O)CCNCCc1ccc(OCCc2ccc(F)cc2F)cc1. The number of rotatable bonds is 10. The van der Waals surface area contributed by atoms with Crippen molar-refractivity contribution >= 4 is 5.97 Å². The summed E-state index contributed by atoms with van der Waals surface area (Å²) >= 11 is 0. The van der Waals surface area contributed by atoms with Crippen LogP contribution < -0.4 is 10.1 Å². The third kappa shape index (κ3) is 6.89. The molecule has 0 aliphatic carbocycles. The van der Waals surface area contributed by atoms with Crippen LogP contribution >= 0.6 is 0 Å². The molecule has 2 rings (SSSR count). The Morgan fingerprint density at radius 3 is 2.48 bits per heavy atom. The van der Waals surface area contributed by atoms with Gasteiger partial charge in [0.1, 0.15) is 17.4 Å². The molecule has 2 aromatic carbocycles. The Morgan fingerprint density at radius 1 is 1.04 bits per heavy atom. The molecule has 0 radical (unpaired) electrons. The largest absolute Gasteiger partial charge is 0.493 e. The second-order valence-corrected chi connectivity index (χ2v) is 5.62. The average Bonchev–Trinajstić information content (AvgIpc) is 2.57. The molecule has 0 aliphatic rings. The fraction of sp³-hybridized carbons (Fsp3) is 0.316. The summed E-state index contributed by atoms with van der Waals surface area (Å²) in [6.07, 6.45) is 1.27. The van der Waals surface area contributed by atoms with Gasteiger partial charge in [-0.25, -0.2) is 8.78 Å². The van der Waals surface area contributed by atoms with Crippen molar-refractivity contribution in [2.24, 2.45) is 0 Å². The molecule has 0 spiro atoms. The van der Waals surface area contributed by atoms with Gasteiger partial charge >= 0.3 is 5.97 Å². The van der Waals surface area contributed by atoms with Gasteiger partial charge in [-0.15, -0.1) is 0 Å². The molecule has 0 bridgehead atoms. The first-order valence-electron chi connectivity index (χ1n) is 8.13. The number of halogens is 2. The highest BCUT2D eigenvalue weighted by Gasteiger charge is 2.04. The lowest BCUT2D eigenvalue weighted by Gasteiger charge is -2.08. The van der Waals surface area contributed by atoms with Crippen molar-refractivity contribution < 1.29 is 23.4 Å². The maximum atomic E-state index is 13.5. The van der Waals surface area contributed by atoms with E-state index in [1.165, 1.54) is 12.1 Å². The molecule has 25 heavy (non-hydrogen) atoms. The molecule has 0 unspecified atom stereocenters. The normalized spacial score (nSPS) is 10.6. The van der Waals surface area contributed by atoms with E-state index in [-0.39, 0.29) is 6.42 Å². The summed E-state index contributed by atoms with van der Waals surface area (Å²) in [4.78, 5) is 10.4. The van der Waals surface area contributed by atoms with Crippen LogP contribution in [0.25, 0.3) is 0 Å². The fourth-order valence-electron chi connectivity index (χ4n) is 2.31. The minimum atomic E-state index is -0.811. The zero-order valence-electron chi connectivity index (χ0n) is 13.8. The topological polar surface area (TPSA) is 58.6 Å². The third-order valence-electron chi connectivity index (χ3n) is 3.68. The molecule has 0 atom stereocenters. The standard InChI is InChI=1S/C19H21F2NO3/c20-16-4-3-15(18(21)13-16)9-12-25-17-5-1-14(2-6-17)7-10-22-11-8-19(23)24/h1-6,13,22H,7-12H2,(H,23,24). The molecule has 0 aliphatic heterocycles. The molecular formula is C19H21F2NO3. The predicted octanol–water partition coefficient (Wildman–Crippen LogP) is 3.19. The first kappa shape index (κ1) is 18.9. The number of carboxylic acids is 1. The van der Waals surface area contributed by atoms with Crippen LogP contribution in [0, 0.1) is 11.6 Å². The average molecular weight is 349 g/mol. The van der Waals surface area contributed by atoms with E-state index in [9.17, 15) is 13.6 Å². The molecule has 4 nitrogen and oxygen atoms in total. The highest BCUT2D eigenvalue weighted by Crippen LogP contribution is 2.14. The van der Waals surface area contributed by atoms with Crippen molar-refractivity contribution in [3.8, 4) is 5.75 Å². The van der Waals surface area contributed by atoms with E-state index in [1.54, 1.807) is 0 Å². The van der Waals surface area contributed by atoms with Crippen LogP contribution in [0.4, 0.5) is 8.78 Å². The van der Waals surface area contributed by atoms with Gasteiger partial charge in [-0.2, -0.15) is 0 Å². The van der Waals surface area contributed by atoms with Crippen molar-refractivity contribution in [1.82, 2.24) is 5.32 Å². The maximum absolute atomic E-state index is 13.5. The summed E-state index contributed by atoms with van der Waals surface area (Å²) in [6.45, 7) is 1.46. The summed E-state index contributed by atoms with van der Waals surface area (Å²) in [5.74, 6) is -1.27. The van der Waals surface area contributed by atoms with Gasteiger partial charge in [0.25, 0.3) is 0 Å². The Bertz CT molecular complexity index is 690. The van der Waals surface area contributed by atoms with Crippen LogP contribution in [0.15, 0.2) is 42.5 Å². The van der Waals surface area contributed by atoms with Crippen LogP contribution in [-0.4, -0.2) is 30.8 Å². The Hall–Kier alpha value is -2.47. The quantitative estimate of drug-likeness (QED) is 0.647. The van der Waals surface area contributed by atoms with Gasteiger partial charge in [-0.05, 0) is 42.3 Å². The lowest BCUT2D eigenvalue weighted by molar-refractivity contribution is -0.136. The molecular weight excluding hydrogens is 328 g/mol. The summed E-state index contributed by atoms with van der Waals surface area (Å²) in [5.41, 5.74) is 1.53. The van der Waals surface area contributed by atoms with Crippen molar-refractivity contribution in [2.75, 3.05) is 19.7 Å². The number of benzene rings is 2. The maximum Gasteiger partial charge on any atom is 0.304 e. The molecule has 134 valence electrons. The van der Waals surface area contributed by atoms with E-state index < -0.39 is 17.6 Å². The Kier molecular flexibility index (Phi) is 7.35. The molecule has 0 saturated carbocycles. The van der Waals surface area contributed by atoms with E-state index in [1.807, 2.05) is 24.3 Å². The summed E-state index contributed by atoms with van der Waals surface area (Å²) in [5, 5.41) is 11.6. The van der Waals surface area contributed by atoms with Crippen LogP contribution in [-0.2, 0) is 17.6 Å². The van der Waals surface area contributed by atoms with Crippen LogP contribution in [0.1, 0.15) is 17.5 Å². The second-order valence-electron chi connectivity index (χ2n) is 5.62. The van der Waals surface area contributed by atoms with E-state index in [0.29, 0.717) is 37.4 Å². The molecule has 0 aromatic heterocycles. The number of carbonyl (C=O) groups is 1. The number of ether oxygens (including phenoxy) is 1. The monoisotopic (exact) mass is 349 g/mol. The minimum absolute atomic E-state index is 0.113. The first-order chi connectivity index (χ1) is 12.0. The van der Waals surface area contributed by atoms with Crippen LogP contribution in [0.2, 0.25) is 0 Å². The first-order valence-corrected chi connectivity index (χ1v) is 8.13. The lowest BCUT2D eigenvalue weighted by Crippen LogP contribution is -2.20. The van der Waals surface area contributed by atoms with Crippen LogP contribution in [0.5, 0.6) is 5.75 Å². The molecule has 0 heterocycles. The molecule has 0 saturated heterocycles. The Morgan fingerprint density at radius 2 is 1.80 bits per heavy atom. The highest BCUT2D eigenvalue weighted by molar-refractivity contribution is 5.66. The van der Waals surface area contributed by atoms with Gasteiger partial charge in [-0.3, -0.25) is 4.79 Å². The lowest BCUT2D eigenvalue weighted by atomic mass is 10.1. The van der Waals surface area contributed by atoms with Crippen molar-refractivity contribution in [3.63, 3.8) is 0 Å². The predicted molar refractivity (Wildman–Crippen MR) is 90.8 cm³/mol. The second kappa shape index (κ2) is 9.74. The number of carboxylic acid groups (broad SMARTS) is 1. The number of hydrogen-bond acceptors (Lipinski definition) is 3. The molecule has 0 amide bonds. The molecule has 6 heteroatoms. The van der Waals surface area contributed by atoms with Gasteiger partial charge in [-0.1, -0.05) is 18.2 Å². The van der Waals surface area contributed by atoms with Gasteiger partial charge in [0, 0.05) is 19.0 Å². The van der Waals surface area contributed by atoms with Crippen molar-refractivity contribution in [1.29, 1.82) is 0 Å². The van der Waals surface area contributed by atoms with Gasteiger partial charge in [0.05, 0.1) is 13.0 Å².